The number of rotatable bonds is 7. The molecule has 0 spiro atoms. The molecule has 12 aromatic rings. The lowest BCUT2D eigenvalue weighted by molar-refractivity contribution is 1.10. The van der Waals surface area contributed by atoms with Crippen molar-refractivity contribution in [1.29, 1.82) is 5.26 Å². The van der Waals surface area contributed by atoms with Gasteiger partial charge in [-0.1, -0.05) is 181 Å². The van der Waals surface area contributed by atoms with Crippen LogP contribution >= 0.6 is 0 Å². The summed E-state index contributed by atoms with van der Waals surface area (Å²) in [6.45, 7) is 4.23. The van der Waals surface area contributed by atoms with Gasteiger partial charge in [0.05, 0.1) is 62.0 Å². The van der Waals surface area contributed by atoms with Gasteiger partial charge in [-0.05, 0) is 78.6 Å². The molecule has 0 unspecified atom stereocenters. The number of nitrogens with zero attached hydrogens (tertiary/aromatic N) is 5. The molecule has 0 bridgehead atoms. The van der Waals surface area contributed by atoms with E-state index in [0.29, 0.717) is 11.4 Å². The van der Waals surface area contributed by atoms with Gasteiger partial charge in [0.2, 0.25) is 0 Å². The topological polar surface area (TPSA) is 59.4 Å². The number of hydrogen-bond acceptors (Lipinski definition) is 3. The van der Waals surface area contributed by atoms with Crippen molar-refractivity contribution in [3.63, 3.8) is 0 Å². The average Bonchev–Trinajstić information content (AvgIpc) is 3.89. The molecule has 0 saturated heterocycles. The zero-order valence-corrected chi connectivity index (χ0v) is 36.4. The Labute approximate surface area is 382 Å². The van der Waals surface area contributed by atoms with Crippen molar-refractivity contribution in [1.82, 2.24) is 19.1 Å². The van der Waals surface area contributed by atoms with Gasteiger partial charge < -0.3 is 9.13 Å². The predicted molar refractivity (Wildman–Crippen MR) is 272 cm³/mol. The maximum atomic E-state index is 11.1. The Morgan fingerprint density at radius 1 is 0.364 bits per heavy atom. The van der Waals surface area contributed by atoms with Crippen LogP contribution in [0, 0.1) is 25.2 Å². The number of aromatic nitrogens is 4. The third-order valence-corrected chi connectivity index (χ3v) is 12.9. The Bertz CT molecular complexity index is 3630. The Morgan fingerprint density at radius 2 is 0.758 bits per heavy atom. The van der Waals surface area contributed by atoms with E-state index < -0.39 is 0 Å². The summed E-state index contributed by atoms with van der Waals surface area (Å²) in [4.78, 5) is 11.1. The molecular formula is C61H41N5. The van der Waals surface area contributed by atoms with Crippen molar-refractivity contribution in [2.24, 2.45) is 0 Å². The fraction of sp³-hybridized carbons (Fsp3) is 0.0328. The summed E-state index contributed by atoms with van der Waals surface area (Å²) in [6.07, 6.45) is 0. The molecule has 5 heteroatoms. The SMILES string of the molecule is Cc1ccc(-c2ccc3c4ccccc4n(-c4cc(C#N)cc(-n5c6ccccc6c6ccc(-c7ccc(C)cc7)cc65)c4-c4nc(-c5ccccc5)cc(-c5ccccc5)n4)c3c2)cc1. The van der Waals surface area contributed by atoms with Gasteiger partial charge in [-0.3, -0.25) is 0 Å². The average molecular weight is 844 g/mol. The molecule has 0 aliphatic heterocycles. The van der Waals surface area contributed by atoms with Crippen LogP contribution in [0.2, 0.25) is 0 Å². The Hall–Kier alpha value is -8.85. The standard InChI is InChI=1S/C61H41N5/c1-39-21-25-42(26-22-39)46-29-31-50-48-17-9-11-19-54(48)65(56(50)35-46)58-33-41(38-62)34-59(60(58)61-63-52(44-13-5-3-6-14-44)37-53(64-61)45-15-7-4-8-16-45)66-55-20-12-10-18-49(55)51-32-30-47(36-57(51)66)43-27-23-40(2)24-28-43/h3-37H,1-2H3. The van der Waals surface area contributed by atoms with Crippen LogP contribution in [-0.4, -0.2) is 19.1 Å². The van der Waals surface area contributed by atoms with Crippen molar-refractivity contribution >= 4 is 43.6 Å². The lowest BCUT2D eigenvalue weighted by atomic mass is 10.0. The Balaban J connectivity index is 1.25. The molecule has 0 saturated carbocycles. The number of hydrogen-bond donors (Lipinski definition) is 0. The normalized spacial score (nSPS) is 11.5. The van der Waals surface area contributed by atoms with Gasteiger partial charge in [-0.25, -0.2) is 9.97 Å². The van der Waals surface area contributed by atoms with Gasteiger partial charge in [0.1, 0.15) is 0 Å². The van der Waals surface area contributed by atoms with Gasteiger partial charge in [0, 0.05) is 32.7 Å². The molecule has 0 amide bonds. The lowest BCUT2D eigenvalue weighted by Crippen LogP contribution is -2.08. The quantitative estimate of drug-likeness (QED) is 0.161. The second-order valence-corrected chi connectivity index (χ2v) is 17.1. The first-order valence-electron chi connectivity index (χ1n) is 22.3. The molecule has 3 heterocycles. The van der Waals surface area contributed by atoms with Crippen LogP contribution in [0.1, 0.15) is 16.7 Å². The van der Waals surface area contributed by atoms with E-state index in [0.717, 1.165) is 105 Å². The third kappa shape index (κ3) is 6.55. The summed E-state index contributed by atoms with van der Waals surface area (Å²) in [5.41, 5.74) is 17.4. The van der Waals surface area contributed by atoms with E-state index in [-0.39, 0.29) is 0 Å². The minimum Gasteiger partial charge on any atom is -0.308 e. The molecule has 3 aromatic heterocycles. The maximum Gasteiger partial charge on any atom is 0.164 e. The second kappa shape index (κ2) is 15.7. The van der Waals surface area contributed by atoms with Crippen LogP contribution in [0.25, 0.3) is 111 Å². The molecule has 9 aromatic carbocycles. The van der Waals surface area contributed by atoms with Gasteiger partial charge in [-0.2, -0.15) is 5.26 Å². The summed E-state index contributed by atoms with van der Waals surface area (Å²) < 4.78 is 4.66. The lowest BCUT2D eigenvalue weighted by Gasteiger charge is -2.21. The molecule has 66 heavy (non-hydrogen) atoms. The zero-order chi connectivity index (χ0) is 44.3. The molecule has 12 rings (SSSR count). The van der Waals surface area contributed by atoms with Crippen molar-refractivity contribution in [3.05, 3.63) is 229 Å². The second-order valence-electron chi connectivity index (χ2n) is 17.1. The number of nitriles is 1. The molecule has 5 nitrogen and oxygen atoms in total. The molecule has 0 radical (unpaired) electrons. The molecular weight excluding hydrogens is 803 g/mol. The molecule has 0 atom stereocenters. The molecule has 0 aliphatic carbocycles. The number of benzene rings is 9. The van der Waals surface area contributed by atoms with E-state index in [1.165, 1.54) is 11.1 Å². The van der Waals surface area contributed by atoms with Gasteiger partial charge >= 0.3 is 0 Å². The minimum atomic E-state index is 0.521. The highest BCUT2D eigenvalue weighted by Crippen LogP contribution is 2.44. The largest absolute Gasteiger partial charge is 0.308 e. The Morgan fingerprint density at radius 3 is 1.20 bits per heavy atom. The van der Waals surface area contributed by atoms with Crippen LogP contribution in [0.15, 0.2) is 212 Å². The highest BCUT2D eigenvalue weighted by atomic mass is 15.0. The molecule has 310 valence electrons. The van der Waals surface area contributed by atoms with E-state index in [1.807, 2.05) is 48.5 Å². The highest BCUT2D eigenvalue weighted by molar-refractivity contribution is 6.13. The van der Waals surface area contributed by atoms with E-state index in [4.69, 9.17) is 9.97 Å². The highest BCUT2D eigenvalue weighted by Gasteiger charge is 2.26. The third-order valence-electron chi connectivity index (χ3n) is 12.9. The summed E-state index contributed by atoms with van der Waals surface area (Å²) in [6, 6.07) is 77.3. The summed E-state index contributed by atoms with van der Waals surface area (Å²) >= 11 is 0. The zero-order valence-electron chi connectivity index (χ0n) is 36.4. The number of para-hydroxylation sites is 2. The van der Waals surface area contributed by atoms with Crippen molar-refractivity contribution in [3.8, 4) is 73.6 Å². The van der Waals surface area contributed by atoms with Gasteiger partial charge in [0.15, 0.2) is 5.82 Å². The van der Waals surface area contributed by atoms with Crippen LogP contribution in [0.3, 0.4) is 0 Å². The van der Waals surface area contributed by atoms with Crippen LogP contribution in [0.4, 0.5) is 0 Å². The van der Waals surface area contributed by atoms with Gasteiger partial charge in [-0.15, -0.1) is 0 Å². The molecule has 0 aliphatic rings. The summed E-state index contributed by atoms with van der Waals surface area (Å²) in [5, 5.41) is 15.6. The van der Waals surface area contributed by atoms with Crippen LogP contribution in [-0.2, 0) is 0 Å². The maximum absolute atomic E-state index is 11.1. The van der Waals surface area contributed by atoms with Crippen molar-refractivity contribution < 1.29 is 0 Å². The first-order chi connectivity index (χ1) is 32.5. The van der Waals surface area contributed by atoms with Crippen LogP contribution in [0.5, 0.6) is 0 Å². The fourth-order valence-corrected chi connectivity index (χ4v) is 9.64. The van der Waals surface area contributed by atoms with Crippen molar-refractivity contribution in [2.45, 2.75) is 13.8 Å². The summed E-state index contributed by atoms with van der Waals surface area (Å²) in [5.74, 6) is 0.547. The number of fused-ring (bicyclic) bond motifs is 6. The Kier molecular flexibility index (Phi) is 9.25. The summed E-state index contributed by atoms with van der Waals surface area (Å²) in [7, 11) is 0. The predicted octanol–water partition coefficient (Wildman–Crippen LogP) is 15.5. The minimum absolute atomic E-state index is 0.521. The van der Waals surface area contributed by atoms with Crippen LogP contribution < -0.4 is 0 Å². The molecule has 0 fully saturated rings. The smallest absolute Gasteiger partial charge is 0.164 e. The van der Waals surface area contributed by atoms with E-state index in [1.54, 1.807) is 0 Å². The fourth-order valence-electron chi connectivity index (χ4n) is 9.64. The molecule has 0 N–H and O–H groups in total. The van der Waals surface area contributed by atoms with E-state index >= 15 is 0 Å². The van der Waals surface area contributed by atoms with E-state index in [9.17, 15) is 5.26 Å². The van der Waals surface area contributed by atoms with E-state index in [2.05, 4.69) is 193 Å². The monoisotopic (exact) mass is 843 g/mol. The number of aryl methyl sites for hydroxylation is 2. The van der Waals surface area contributed by atoms with Gasteiger partial charge in [0.25, 0.3) is 0 Å². The first kappa shape index (κ1) is 38.8. The first-order valence-corrected chi connectivity index (χ1v) is 22.3. The van der Waals surface area contributed by atoms with Crippen molar-refractivity contribution in [2.75, 3.05) is 0 Å².